The SMILES string of the molecule is CCN(c1cc(Nc2ccc(C)cc2)ncn1)C1CCS(=O)(=O)C1. The molecule has 6 nitrogen and oxygen atoms in total. The number of sulfone groups is 1. The van der Waals surface area contributed by atoms with Crippen LogP contribution in [0.15, 0.2) is 36.7 Å². The summed E-state index contributed by atoms with van der Waals surface area (Å²) in [5.41, 5.74) is 2.15. The minimum Gasteiger partial charge on any atom is -0.353 e. The summed E-state index contributed by atoms with van der Waals surface area (Å²) in [5.74, 6) is 1.91. The third-order valence-corrected chi connectivity index (χ3v) is 6.01. The largest absolute Gasteiger partial charge is 0.353 e. The Kier molecular flexibility index (Phi) is 4.71. The van der Waals surface area contributed by atoms with Crippen molar-refractivity contribution in [3.8, 4) is 0 Å². The van der Waals surface area contributed by atoms with Gasteiger partial charge in [-0.15, -0.1) is 0 Å². The van der Waals surface area contributed by atoms with Gasteiger partial charge in [0.05, 0.1) is 11.5 Å². The summed E-state index contributed by atoms with van der Waals surface area (Å²) in [6.07, 6.45) is 2.17. The second kappa shape index (κ2) is 6.76. The van der Waals surface area contributed by atoms with Gasteiger partial charge in [-0.05, 0) is 32.4 Å². The van der Waals surface area contributed by atoms with Crippen molar-refractivity contribution < 1.29 is 8.42 Å². The summed E-state index contributed by atoms with van der Waals surface area (Å²) in [6.45, 7) is 4.77. The zero-order chi connectivity index (χ0) is 17.2. The zero-order valence-corrected chi connectivity index (χ0v) is 14.8. The van der Waals surface area contributed by atoms with E-state index in [-0.39, 0.29) is 17.5 Å². The summed E-state index contributed by atoms with van der Waals surface area (Å²) in [6, 6.07) is 9.92. The Bertz CT molecular complexity index is 806. The van der Waals surface area contributed by atoms with E-state index in [1.165, 1.54) is 11.9 Å². The molecule has 1 fully saturated rings. The number of hydrogen-bond donors (Lipinski definition) is 1. The lowest BCUT2D eigenvalue weighted by molar-refractivity contribution is 0.599. The first-order valence-electron chi connectivity index (χ1n) is 8.09. The molecule has 0 saturated carbocycles. The number of nitrogens with zero attached hydrogens (tertiary/aromatic N) is 3. The fourth-order valence-electron chi connectivity index (χ4n) is 2.99. The topological polar surface area (TPSA) is 75.2 Å². The molecule has 0 radical (unpaired) electrons. The molecule has 2 heterocycles. The predicted octanol–water partition coefficient (Wildman–Crippen LogP) is 2.54. The molecule has 0 aliphatic carbocycles. The van der Waals surface area contributed by atoms with Gasteiger partial charge in [0.25, 0.3) is 0 Å². The number of aryl methyl sites for hydroxylation is 1. The van der Waals surface area contributed by atoms with Crippen LogP contribution in [-0.2, 0) is 9.84 Å². The van der Waals surface area contributed by atoms with Crippen molar-refractivity contribution in [1.29, 1.82) is 0 Å². The normalized spacial score (nSPS) is 19.2. The van der Waals surface area contributed by atoms with E-state index in [9.17, 15) is 8.42 Å². The minimum absolute atomic E-state index is 0.0119. The molecule has 1 unspecified atom stereocenters. The Morgan fingerprint density at radius 3 is 2.62 bits per heavy atom. The van der Waals surface area contributed by atoms with Crippen LogP contribution in [0, 0.1) is 6.92 Å². The third kappa shape index (κ3) is 3.84. The summed E-state index contributed by atoms with van der Waals surface area (Å²) in [7, 11) is -2.92. The standard InChI is InChI=1S/C17H22N4O2S/c1-3-21(15-8-9-24(22,23)11-15)17-10-16(18-12-19-17)20-14-6-4-13(2)5-7-14/h4-7,10,12,15H,3,8-9,11H2,1-2H3,(H,18,19,20). The second-order valence-electron chi connectivity index (χ2n) is 6.10. The minimum atomic E-state index is -2.92. The first kappa shape index (κ1) is 16.7. The van der Waals surface area contributed by atoms with Gasteiger partial charge >= 0.3 is 0 Å². The van der Waals surface area contributed by atoms with E-state index in [1.807, 2.05) is 49.1 Å². The van der Waals surface area contributed by atoms with Gasteiger partial charge in [0, 0.05) is 24.3 Å². The Balaban J connectivity index is 1.79. The van der Waals surface area contributed by atoms with Crippen LogP contribution in [0.1, 0.15) is 18.9 Å². The summed E-state index contributed by atoms with van der Waals surface area (Å²) in [5, 5.41) is 3.26. The van der Waals surface area contributed by atoms with Gasteiger partial charge in [-0.3, -0.25) is 0 Å². The van der Waals surface area contributed by atoms with E-state index in [4.69, 9.17) is 0 Å². The molecular formula is C17H22N4O2S. The Morgan fingerprint density at radius 2 is 2.00 bits per heavy atom. The quantitative estimate of drug-likeness (QED) is 0.897. The van der Waals surface area contributed by atoms with Crippen LogP contribution in [0.2, 0.25) is 0 Å². The molecule has 24 heavy (non-hydrogen) atoms. The van der Waals surface area contributed by atoms with Crippen LogP contribution in [0.5, 0.6) is 0 Å². The molecule has 0 amide bonds. The molecule has 1 saturated heterocycles. The third-order valence-electron chi connectivity index (χ3n) is 4.26. The fraction of sp³-hybridized carbons (Fsp3) is 0.412. The summed E-state index contributed by atoms with van der Waals surface area (Å²) < 4.78 is 23.5. The molecule has 1 aliphatic rings. The van der Waals surface area contributed by atoms with Crippen LogP contribution < -0.4 is 10.2 Å². The van der Waals surface area contributed by atoms with Crippen LogP contribution in [0.4, 0.5) is 17.3 Å². The molecular weight excluding hydrogens is 324 g/mol. The van der Waals surface area contributed by atoms with Gasteiger partial charge in [-0.1, -0.05) is 17.7 Å². The maximum Gasteiger partial charge on any atom is 0.152 e. The molecule has 1 aliphatic heterocycles. The number of hydrogen-bond acceptors (Lipinski definition) is 6. The van der Waals surface area contributed by atoms with Crippen LogP contribution in [-0.4, -0.2) is 42.5 Å². The van der Waals surface area contributed by atoms with Crippen LogP contribution in [0.25, 0.3) is 0 Å². The predicted molar refractivity (Wildman–Crippen MR) is 96.6 cm³/mol. The lowest BCUT2D eigenvalue weighted by Crippen LogP contribution is -2.36. The highest BCUT2D eigenvalue weighted by Gasteiger charge is 2.32. The summed E-state index contributed by atoms with van der Waals surface area (Å²) in [4.78, 5) is 10.6. The van der Waals surface area contributed by atoms with Crippen molar-refractivity contribution in [1.82, 2.24) is 9.97 Å². The van der Waals surface area contributed by atoms with Crippen LogP contribution in [0.3, 0.4) is 0 Å². The van der Waals surface area contributed by atoms with E-state index in [0.717, 1.165) is 11.5 Å². The van der Waals surface area contributed by atoms with E-state index in [1.54, 1.807) is 0 Å². The Morgan fingerprint density at radius 1 is 1.25 bits per heavy atom. The van der Waals surface area contributed by atoms with Crippen molar-refractivity contribution in [3.05, 3.63) is 42.2 Å². The van der Waals surface area contributed by atoms with Gasteiger partial charge < -0.3 is 10.2 Å². The second-order valence-corrected chi connectivity index (χ2v) is 8.32. The smallest absolute Gasteiger partial charge is 0.152 e. The average molecular weight is 346 g/mol. The van der Waals surface area contributed by atoms with Crippen molar-refractivity contribution in [2.75, 3.05) is 28.3 Å². The number of aromatic nitrogens is 2. The molecule has 1 atom stereocenters. The van der Waals surface area contributed by atoms with Gasteiger partial charge in [0.15, 0.2) is 9.84 Å². The summed E-state index contributed by atoms with van der Waals surface area (Å²) >= 11 is 0. The van der Waals surface area contributed by atoms with Gasteiger partial charge in [0.2, 0.25) is 0 Å². The van der Waals surface area contributed by atoms with Gasteiger partial charge in [-0.25, -0.2) is 18.4 Å². The lowest BCUT2D eigenvalue weighted by Gasteiger charge is -2.28. The van der Waals surface area contributed by atoms with Crippen molar-refractivity contribution in [2.24, 2.45) is 0 Å². The first-order valence-corrected chi connectivity index (χ1v) is 9.92. The number of rotatable bonds is 5. The first-order chi connectivity index (χ1) is 11.5. The van der Waals surface area contributed by atoms with Gasteiger partial charge in [-0.2, -0.15) is 0 Å². The number of nitrogens with one attached hydrogen (secondary N) is 1. The highest BCUT2D eigenvalue weighted by atomic mass is 32.2. The lowest BCUT2D eigenvalue weighted by atomic mass is 10.2. The van der Waals surface area contributed by atoms with E-state index in [2.05, 4.69) is 15.3 Å². The van der Waals surface area contributed by atoms with Crippen molar-refractivity contribution in [3.63, 3.8) is 0 Å². The fourth-order valence-corrected chi connectivity index (χ4v) is 4.72. The molecule has 128 valence electrons. The number of anilines is 3. The number of benzene rings is 1. The zero-order valence-electron chi connectivity index (χ0n) is 13.9. The van der Waals surface area contributed by atoms with E-state index < -0.39 is 9.84 Å². The molecule has 3 rings (SSSR count). The van der Waals surface area contributed by atoms with Gasteiger partial charge in [0.1, 0.15) is 18.0 Å². The Labute approximate surface area is 142 Å². The monoisotopic (exact) mass is 346 g/mol. The maximum atomic E-state index is 11.8. The Hall–Kier alpha value is -2.15. The molecule has 1 aromatic carbocycles. The van der Waals surface area contributed by atoms with E-state index >= 15 is 0 Å². The average Bonchev–Trinajstić information content (AvgIpc) is 2.91. The van der Waals surface area contributed by atoms with Crippen LogP contribution >= 0.6 is 0 Å². The van der Waals surface area contributed by atoms with Crippen molar-refractivity contribution in [2.45, 2.75) is 26.3 Å². The van der Waals surface area contributed by atoms with Crippen molar-refractivity contribution >= 4 is 27.2 Å². The molecule has 7 heteroatoms. The molecule has 2 aromatic rings. The maximum absolute atomic E-state index is 11.8. The highest BCUT2D eigenvalue weighted by molar-refractivity contribution is 7.91. The highest BCUT2D eigenvalue weighted by Crippen LogP contribution is 2.24. The molecule has 1 aromatic heterocycles. The van der Waals surface area contributed by atoms with E-state index in [0.29, 0.717) is 18.8 Å². The molecule has 1 N–H and O–H groups in total. The molecule has 0 spiro atoms. The molecule has 0 bridgehead atoms.